The number of aromatic nitrogens is 2. The highest BCUT2D eigenvalue weighted by Gasteiger charge is 2.22. The first-order chi connectivity index (χ1) is 12.3. The maximum atomic E-state index is 12.7. The minimum atomic E-state index is -3.48. The average molecular weight is 391 g/mol. The summed E-state index contributed by atoms with van der Waals surface area (Å²) < 4.78 is 25.8. The largest absolute Gasteiger partial charge is 0.320 e. The molecule has 1 N–H and O–H groups in total. The molecular formula is C17H17N3O4S2. The molecule has 26 heavy (non-hydrogen) atoms. The molecule has 0 saturated carbocycles. The van der Waals surface area contributed by atoms with E-state index in [-0.39, 0.29) is 21.9 Å². The lowest BCUT2D eigenvalue weighted by Crippen LogP contribution is -2.17. The van der Waals surface area contributed by atoms with E-state index in [0.29, 0.717) is 20.7 Å². The predicted molar refractivity (Wildman–Crippen MR) is 102 cm³/mol. The van der Waals surface area contributed by atoms with Gasteiger partial charge in [-0.3, -0.25) is 9.59 Å². The number of thiophene rings is 1. The van der Waals surface area contributed by atoms with Crippen LogP contribution in [0.5, 0.6) is 0 Å². The first-order valence-electron chi connectivity index (χ1n) is 7.84. The lowest BCUT2D eigenvalue weighted by atomic mass is 10.2. The summed E-state index contributed by atoms with van der Waals surface area (Å²) in [5, 5.41) is 3.06. The van der Waals surface area contributed by atoms with Crippen molar-refractivity contribution in [1.29, 1.82) is 0 Å². The van der Waals surface area contributed by atoms with E-state index < -0.39 is 15.7 Å². The van der Waals surface area contributed by atoms with Crippen LogP contribution in [0.4, 0.5) is 5.69 Å². The molecule has 9 heteroatoms. The Labute approximate surface area is 154 Å². The molecule has 0 aliphatic carbocycles. The van der Waals surface area contributed by atoms with Crippen molar-refractivity contribution in [3.63, 3.8) is 0 Å². The van der Waals surface area contributed by atoms with Crippen LogP contribution < -0.4 is 10.9 Å². The van der Waals surface area contributed by atoms with Gasteiger partial charge in [0.05, 0.1) is 32.9 Å². The van der Waals surface area contributed by atoms with E-state index in [9.17, 15) is 18.0 Å². The van der Waals surface area contributed by atoms with Gasteiger partial charge in [-0.15, -0.1) is 11.3 Å². The van der Waals surface area contributed by atoms with E-state index in [2.05, 4.69) is 10.3 Å². The van der Waals surface area contributed by atoms with Crippen molar-refractivity contribution in [2.24, 2.45) is 7.05 Å². The van der Waals surface area contributed by atoms with E-state index in [1.165, 1.54) is 17.0 Å². The number of hydrogen-bond donors (Lipinski definition) is 1. The quantitative estimate of drug-likeness (QED) is 0.736. The van der Waals surface area contributed by atoms with Crippen LogP contribution in [-0.4, -0.2) is 29.6 Å². The molecule has 3 aromatic rings. The fourth-order valence-corrected chi connectivity index (χ4v) is 4.69. The maximum Gasteiger partial charge on any atom is 0.266 e. The Balaban J connectivity index is 2.06. The van der Waals surface area contributed by atoms with E-state index in [4.69, 9.17) is 0 Å². The highest BCUT2D eigenvalue weighted by Crippen LogP contribution is 2.29. The molecule has 1 aromatic carbocycles. The van der Waals surface area contributed by atoms with Gasteiger partial charge in [-0.25, -0.2) is 13.4 Å². The number of amides is 1. The molecule has 0 aliphatic heterocycles. The number of aryl methyl sites for hydroxylation is 2. The summed E-state index contributed by atoms with van der Waals surface area (Å²) in [5.41, 5.74) is 0.529. The highest BCUT2D eigenvalue weighted by atomic mass is 32.2. The maximum absolute atomic E-state index is 12.7. The third-order valence-corrected chi connectivity index (χ3v) is 7.05. The molecular weight excluding hydrogens is 374 g/mol. The standard InChI is InChI=1S/C17H17N3O4S2/c1-4-26(23,24)12-8-6-5-7-11(12)19-15(21)14-10(2)13-16(25-14)18-9-20(3)17(13)22/h5-9H,4H2,1-3H3,(H,19,21). The molecule has 2 aromatic heterocycles. The molecule has 0 saturated heterocycles. The molecule has 3 rings (SSSR count). The van der Waals surface area contributed by atoms with Crippen LogP contribution in [-0.2, 0) is 16.9 Å². The number of nitrogens with zero attached hydrogens (tertiary/aromatic N) is 2. The Kier molecular flexibility index (Phi) is 4.68. The summed E-state index contributed by atoms with van der Waals surface area (Å²) in [6, 6.07) is 6.26. The van der Waals surface area contributed by atoms with Gasteiger partial charge in [0.1, 0.15) is 4.83 Å². The number of anilines is 1. The predicted octanol–water partition coefficient (Wildman–Crippen LogP) is 2.35. The van der Waals surface area contributed by atoms with Crippen LogP contribution in [0, 0.1) is 6.92 Å². The van der Waals surface area contributed by atoms with Crippen LogP contribution >= 0.6 is 11.3 Å². The molecule has 0 spiro atoms. The monoisotopic (exact) mass is 391 g/mol. The Morgan fingerprint density at radius 2 is 2.00 bits per heavy atom. The number of carbonyl (C=O) groups is 1. The number of hydrogen-bond acceptors (Lipinski definition) is 6. The third kappa shape index (κ3) is 3.04. The number of nitrogens with one attached hydrogen (secondary N) is 1. The second kappa shape index (κ2) is 6.65. The van der Waals surface area contributed by atoms with Gasteiger partial charge >= 0.3 is 0 Å². The molecule has 0 fully saturated rings. The highest BCUT2D eigenvalue weighted by molar-refractivity contribution is 7.91. The van der Waals surface area contributed by atoms with Gasteiger partial charge in [0.15, 0.2) is 9.84 Å². The molecule has 0 bridgehead atoms. The minimum absolute atomic E-state index is 0.0677. The topological polar surface area (TPSA) is 98.1 Å². The van der Waals surface area contributed by atoms with Gasteiger partial charge in [-0.2, -0.15) is 0 Å². The first kappa shape index (κ1) is 18.3. The van der Waals surface area contributed by atoms with E-state index in [1.807, 2.05) is 0 Å². The molecule has 7 nitrogen and oxygen atoms in total. The molecule has 0 atom stereocenters. The number of rotatable bonds is 4. The zero-order chi connectivity index (χ0) is 19.1. The minimum Gasteiger partial charge on any atom is -0.320 e. The van der Waals surface area contributed by atoms with Crippen molar-refractivity contribution in [2.75, 3.05) is 11.1 Å². The van der Waals surface area contributed by atoms with Crippen molar-refractivity contribution in [3.05, 3.63) is 51.4 Å². The summed E-state index contributed by atoms with van der Waals surface area (Å²) >= 11 is 1.11. The van der Waals surface area contributed by atoms with Crippen LogP contribution in [0.1, 0.15) is 22.2 Å². The number of para-hydroxylation sites is 1. The molecule has 136 valence electrons. The van der Waals surface area contributed by atoms with E-state index in [0.717, 1.165) is 11.3 Å². The van der Waals surface area contributed by atoms with Gasteiger partial charge in [0.25, 0.3) is 11.5 Å². The Bertz CT molecular complexity index is 1180. The Morgan fingerprint density at radius 3 is 2.69 bits per heavy atom. The average Bonchev–Trinajstić information content (AvgIpc) is 2.96. The van der Waals surface area contributed by atoms with E-state index in [1.54, 1.807) is 39.1 Å². The first-order valence-corrected chi connectivity index (χ1v) is 10.3. The summed E-state index contributed by atoms with van der Waals surface area (Å²) in [6.07, 6.45) is 1.41. The molecule has 0 unspecified atom stereocenters. The SMILES string of the molecule is CCS(=O)(=O)c1ccccc1NC(=O)c1sc2ncn(C)c(=O)c2c1C. The van der Waals surface area contributed by atoms with Crippen molar-refractivity contribution < 1.29 is 13.2 Å². The van der Waals surface area contributed by atoms with Gasteiger partial charge in [-0.1, -0.05) is 19.1 Å². The van der Waals surface area contributed by atoms with Crippen LogP contribution in [0.3, 0.4) is 0 Å². The number of carbonyl (C=O) groups excluding carboxylic acids is 1. The lowest BCUT2D eigenvalue weighted by molar-refractivity contribution is 0.103. The number of sulfone groups is 1. The third-order valence-electron chi connectivity index (χ3n) is 4.07. The van der Waals surface area contributed by atoms with Crippen molar-refractivity contribution in [2.45, 2.75) is 18.7 Å². The summed E-state index contributed by atoms with van der Waals surface area (Å²) in [6.45, 7) is 3.23. The van der Waals surface area contributed by atoms with Gasteiger partial charge in [-0.05, 0) is 24.6 Å². The summed E-state index contributed by atoms with van der Waals surface area (Å²) in [7, 11) is -1.89. The van der Waals surface area contributed by atoms with Crippen molar-refractivity contribution >= 4 is 43.0 Å². The number of benzene rings is 1. The van der Waals surface area contributed by atoms with Crippen LogP contribution in [0.2, 0.25) is 0 Å². The zero-order valence-corrected chi connectivity index (χ0v) is 16.1. The Hall–Kier alpha value is -2.52. The zero-order valence-electron chi connectivity index (χ0n) is 14.4. The van der Waals surface area contributed by atoms with Crippen LogP contribution in [0.15, 0.2) is 40.3 Å². The smallest absolute Gasteiger partial charge is 0.266 e. The Morgan fingerprint density at radius 1 is 1.31 bits per heavy atom. The summed E-state index contributed by atoms with van der Waals surface area (Å²) in [5.74, 6) is -0.534. The molecule has 0 radical (unpaired) electrons. The lowest BCUT2D eigenvalue weighted by Gasteiger charge is -2.10. The van der Waals surface area contributed by atoms with E-state index >= 15 is 0 Å². The van der Waals surface area contributed by atoms with Crippen molar-refractivity contribution in [1.82, 2.24) is 9.55 Å². The van der Waals surface area contributed by atoms with Gasteiger partial charge in [0.2, 0.25) is 0 Å². The normalized spacial score (nSPS) is 11.7. The molecule has 1 amide bonds. The van der Waals surface area contributed by atoms with Crippen LogP contribution in [0.25, 0.3) is 10.2 Å². The second-order valence-corrected chi connectivity index (χ2v) is 9.00. The number of fused-ring (bicyclic) bond motifs is 1. The second-order valence-electron chi connectivity index (χ2n) is 5.75. The molecule has 2 heterocycles. The molecule has 0 aliphatic rings. The summed E-state index contributed by atoms with van der Waals surface area (Å²) in [4.78, 5) is 30.1. The van der Waals surface area contributed by atoms with Gasteiger partial charge in [0, 0.05) is 7.05 Å². The van der Waals surface area contributed by atoms with Gasteiger partial charge < -0.3 is 9.88 Å². The van der Waals surface area contributed by atoms with Crippen molar-refractivity contribution in [3.8, 4) is 0 Å². The fraction of sp³-hybridized carbons (Fsp3) is 0.235. The fourth-order valence-electron chi connectivity index (χ4n) is 2.60.